The summed E-state index contributed by atoms with van der Waals surface area (Å²) in [5.41, 5.74) is -0.731. The number of hydrogen-bond acceptors (Lipinski definition) is 8. The molecule has 0 amide bonds. The van der Waals surface area contributed by atoms with Crippen LogP contribution in [0.25, 0.3) is 11.1 Å². The van der Waals surface area contributed by atoms with Crippen LogP contribution < -0.4 is 18.9 Å². The molecule has 0 aliphatic carbocycles. The third-order valence-electron chi connectivity index (χ3n) is 4.58. The summed E-state index contributed by atoms with van der Waals surface area (Å²) in [6.07, 6.45) is 0. The molecule has 0 aliphatic rings. The summed E-state index contributed by atoms with van der Waals surface area (Å²) < 4.78 is 50.8. The van der Waals surface area contributed by atoms with E-state index in [-0.39, 0.29) is 39.4 Å². The molecule has 0 spiro atoms. The lowest BCUT2D eigenvalue weighted by Gasteiger charge is -2.16. The zero-order valence-electron chi connectivity index (χ0n) is 21.2. The molecule has 38 heavy (non-hydrogen) atoms. The van der Waals surface area contributed by atoms with Crippen LogP contribution in [0.2, 0.25) is 0 Å². The predicted molar refractivity (Wildman–Crippen MR) is 134 cm³/mol. The van der Waals surface area contributed by atoms with E-state index in [4.69, 9.17) is 18.9 Å². The number of carbonyl (C=O) groups excluding carboxylic acids is 4. The summed E-state index contributed by atoms with van der Waals surface area (Å²) in [6.45, 7) is 19.1. The fourth-order valence-electron chi connectivity index (χ4n) is 2.55. The first-order valence-electron chi connectivity index (χ1n) is 10.8. The molecule has 0 radical (unpaired) electrons. The molecule has 8 nitrogen and oxygen atoms in total. The maximum absolute atomic E-state index is 15.2. The van der Waals surface area contributed by atoms with Crippen molar-refractivity contribution in [2.45, 2.75) is 27.7 Å². The zero-order valence-corrected chi connectivity index (χ0v) is 21.2. The van der Waals surface area contributed by atoms with Crippen LogP contribution in [0.1, 0.15) is 27.7 Å². The van der Waals surface area contributed by atoms with Crippen molar-refractivity contribution in [2.24, 2.45) is 0 Å². The second-order valence-corrected chi connectivity index (χ2v) is 8.22. The van der Waals surface area contributed by atoms with Crippen molar-refractivity contribution in [2.75, 3.05) is 0 Å². The Bertz CT molecular complexity index is 1420. The molecule has 2 aromatic carbocycles. The van der Waals surface area contributed by atoms with E-state index in [2.05, 4.69) is 26.3 Å². The Hall–Kier alpha value is -4.86. The van der Waals surface area contributed by atoms with Crippen molar-refractivity contribution in [1.29, 1.82) is 0 Å². The van der Waals surface area contributed by atoms with Gasteiger partial charge in [-0.25, -0.2) is 23.6 Å². The number of esters is 4. The minimum atomic E-state index is -1.65. The van der Waals surface area contributed by atoms with Gasteiger partial charge in [0.1, 0.15) is 0 Å². The second-order valence-electron chi connectivity index (χ2n) is 8.22. The van der Waals surface area contributed by atoms with Crippen LogP contribution in [-0.2, 0) is 19.2 Å². The molecule has 0 aliphatic heterocycles. The Balaban J connectivity index is 2.75. The minimum absolute atomic E-state index is 0.00230. The fourth-order valence-corrected chi connectivity index (χ4v) is 2.55. The minimum Gasteiger partial charge on any atom is -0.419 e. The highest BCUT2D eigenvalue weighted by Crippen LogP contribution is 2.41. The molecule has 0 N–H and O–H groups in total. The molecule has 0 saturated carbocycles. The Labute approximate surface area is 217 Å². The van der Waals surface area contributed by atoms with Crippen molar-refractivity contribution in [1.82, 2.24) is 0 Å². The topological polar surface area (TPSA) is 105 Å². The van der Waals surface area contributed by atoms with Crippen LogP contribution in [0.4, 0.5) is 8.78 Å². The lowest BCUT2D eigenvalue weighted by molar-refractivity contribution is -0.132. The molecule has 198 valence electrons. The molecule has 0 aromatic heterocycles. The van der Waals surface area contributed by atoms with Gasteiger partial charge in [-0.2, -0.15) is 4.39 Å². The average molecular weight is 526 g/mol. The largest absolute Gasteiger partial charge is 0.419 e. The normalized spacial score (nSPS) is 10.2. The quantitative estimate of drug-likeness (QED) is 0.238. The van der Waals surface area contributed by atoms with Crippen LogP contribution in [0.5, 0.6) is 23.0 Å². The van der Waals surface area contributed by atoms with Crippen molar-refractivity contribution < 1.29 is 46.9 Å². The van der Waals surface area contributed by atoms with E-state index in [0.29, 0.717) is 0 Å². The molecule has 0 unspecified atom stereocenters. The molecular weight excluding hydrogens is 502 g/mol. The van der Waals surface area contributed by atoms with E-state index in [1.807, 2.05) is 0 Å². The molecular formula is C28H24F2O8. The SMILES string of the molecule is C=C(C)C(=O)Oc1ccc(-c2cc(OC(=O)C(=C)C)c(OC(=O)C(=C)C)c(F)c2F)cc1OC(=O)C(=C)C. The number of rotatable bonds is 9. The van der Waals surface area contributed by atoms with Crippen LogP contribution >= 0.6 is 0 Å². The van der Waals surface area contributed by atoms with Gasteiger partial charge in [-0.15, -0.1) is 0 Å². The molecule has 0 saturated heterocycles. The summed E-state index contributed by atoms with van der Waals surface area (Å²) in [6, 6.07) is 4.38. The first-order chi connectivity index (χ1) is 17.6. The zero-order chi connectivity index (χ0) is 28.9. The molecule has 10 heteroatoms. The first-order valence-corrected chi connectivity index (χ1v) is 10.8. The first kappa shape index (κ1) is 29.4. The Kier molecular flexibility index (Phi) is 9.21. The molecule has 2 aromatic rings. The Morgan fingerprint density at radius 3 is 1.47 bits per heavy atom. The van der Waals surface area contributed by atoms with Gasteiger partial charge in [0.05, 0.1) is 0 Å². The Morgan fingerprint density at radius 1 is 0.579 bits per heavy atom. The van der Waals surface area contributed by atoms with E-state index < -0.39 is 52.6 Å². The number of hydrogen-bond donors (Lipinski definition) is 0. The van der Waals surface area contributed by atoms with Gasteiger partial charge in [0.15, 0.2) is 23.1 Å². The van der Waals surface area contributed by atoms with Crippen LogP contribution in [0, 0.1) is 11.6 Å². The van der Waals surface area contributed by atoms with Gasteiger partial charge < -0.3 is 18.9 Å². The number of ether oxygens (including phenoxy) is 4. The summed E-state index contributed by atoms with van der Waals surface area (Å²) >= 11 is 0. The van der Waals surface area contributed by atoms with E-state index in [1.165, 1.54) is 39.8 Å². The highest BCUT2D eigenvalue weighted by molar-refractivity contribution is 5.93. The lowest BCUT2D eigenvalue weighted by atomic mass is 10.0. The number of halogens is 2. The van der Waals surface area contributed by atoms with Crippen molar-refractivity contribution in [3.05, 3.63) is 84.5 Å². The van der Waals surface area contributed by atoms with E-state index in [0.717, 1.165) is 12.1 Å². The number of carbonyl (C=O) groups is 4. The maximum atomic E-state index is 15.2. The molecule has 0 bridgehead atoms. The summed E-state index contributed by atoms with van der Waals surface area (Å²) in [7, 11) is 0. The van der Waals surface area contributed by atoms with Gasteiger partial charge in [0, 0.05) is 27.9 Å². The highest BCUT2D eigenvalue weighted by atomic mass is 19.2. The maximum Gasteiger partial charge on any atom is 0.338 e. The van der Waals surface area contributed by atoms with Gasteiger partial charge >= 0.3 is 23.9 Å². The molecule has 2 rings (SSSR count). The Morgan fingerprint density at radius 2 is 1.00 bits per heavy atom. The number of benzene rings is 2. The van der Waals surface area contributed by atoms with Gasteiger partial charge in [-0.1, -0.05) is 32.4 Å². The molecule has 0 atom stereocenters. The standard InChI is InChI=1S/C28H24F2O8/c1-13(2)25(31)35-19-10-9-17(11-20(19)36-26(32)14(3)4)18-12-21(37-27(33)15(5)6)24(23(30)22(18)29)38-28(34)16(7)8/h9-12H,1,3,5,7H2,2,4,6,8H3. The van der Waals surface area contributed by atoms with Crippen LogP contribution in [-0.4, -0.2) is 23.9 Å². The third-order valence-corrected chi connectivity index (χ3v) is 4.58. The fraction of sp³-hybridized carbons (Fsp3) is 0.143. The summed E-state index contributed by atoms with van der Waals surface area (Å²) in [5, 5.41) is 0. The molecule has 0 heterocycles. The van der Waals surface area contributed by atoms with E-state index >= 15 is 8.78 Å². The van der Waals surface area contributed by atoms with Gasteiger partial charge in [-0.3, -0.25) is 0 Å². The highest BCUT2D eigenvalue weighted by Gasteiger charge is 2.27. The molecule has 0 fully saturated rings. The summed E-state index contributed by atoms with van der Waals surface area (Å²) in [5.74, 6) is -9.15. The van der Waals surface area contributed by atoms with Gasteiger partial charge in [0.2, 0.25) is 11.6 Å². The lowest BCUT2D eigenvalue weighted by Crippen LogP contribution is -2.15. The van der Waals surface area contributed by atoms with Crippen molar-refractivity contribution >= 4 is 23.9 Å². The van der Waals surface area contributed by atoms with Crippen molar-refractivity contribution in [3.8, 4) is 34.1 Å². The van der Waals surface area contributed by atoms with Crippen molar-refractivity contribution in [3.63, 3.8) is 0 Å². The smallest absolute Gasteiger partial charge is 0.338 e. The average Bonchev–Trinajstić information content (AvgIpc) is 2.83. The third kappa shape index (κ3) is 6.88. The predicted octanol–water partition coefficient (Wildman–Crippen LogP) is 5.56. The van der Waals surface area contributed by atoms with Crippen LogP contribution in [0.3, 0.4) is 0 Å². The van der Waals surface area contributed by atoms with Gasteiger partial charge in [0.25, 0.3) is 0 Å². The monoisotopic (exact) mass is 526 g/mol. The second kappa shape index (κ2) is 11.9. The summed E-state index contributed by atoms with van der Waals surface area (Å²) in [4.78, 5) is 48.3. The van der Waals surface area contributed by atoms with Crippen LogP contribution in [0.15, 0.2) is 72.9 Å². The van der Waals surface area contributed by atoms with E-state index in [9.17, 15) is 19.2 Å². The van der Waals surface area contributed by atoms with E-state index in [1.54, 1.807) is 0 Å². The van der Waals surface area contributed by atoms with Gasteiger partial charge in [-0.05, 0) is 51.5 Å².